The van der Waals surface area contributed by atoms with Gasteiger partial charge in [0, 0.05) is 22.0 Å². The van der Waals surface area contributed by atoms with Crippen LogP contribution in [-0.2, 0) is 6.42 Å². The number of benzene rings is 1. The number of thioether (sulfide) groups is 1. The summed E-state index contributed by atoms with van der Waals surface area (Å²) in [5.74, 6) is 2.32. The third-order valence-corrected chi connectivity index (χ3v) is 7.21. The van der Waals surface area contributed by atoms with Crippen LogP contribution in [0.15, 0.2) is 58.0 Å². The van der Waals surface area contributed by atoms with Gasteiger partial charge in [-0.2, -0.15) is 14.6 Å². The summed E-state index contributed by atoms with van der Waals surface area (Å²) in [6.07, 6.45) is 8.83. The summed E-state index contributed by atoms with van der Waals surface area (Å²) in [7, 11) is 0. The Balaban J connectivity index is 1.37. The van der Waals surface area contributed by atoms with Crippen LogP contribution in [0.25, 0.3) is 5.82 Å². The Morgan fingerprint density at radius 1 is 1.18 bits per heavy atom. The molecule has 33 heavy (non-hydrogen) atoms. The molecule has 2 aliphatic rings. The Hall–Kier alpha value is -2.69. The van der Waals surface area contributed by atoms with E-state index in [1.165, 1.54) is 0 Å². The summed E-state index contributed by atoms with van der Waals surface area (Å²) >= 11 is 11.3. The monoisotopic (exact) mass is 543 g/mol. The first-order valence-electron chi connectivity index (χ1n) is 10.2. The minimum Gasteiger partial charge on any atom is -0.470 e. The van der Waals surface area contributed by atoms with Crippen LogP contribution in [0.2, 0.25) is 5.02 Å². The van der Waals surface area contributed by atoms with Crippen molar-refractivity contribution in [2.75, 3.05) is 12.3 Å². The van der Waals surface area contributed by atoms with Gasteiger partial charge in [0.15, 0.2) is 5.82 Å². The lowest BCUT2D eigenvalue weighted by atomic mass is 10.1. The molecular formula is C22H19BrClN7OS. The first-order chi connectivity index (χ1) is 15.9. The van der Waals surface area contributed by atoms with E-state index >= 15 is 0 Å². The number of hydrogen-bond donors (Lipinski definition) is 1. The molecule has 11 heteroatoms. The molecule has 2 N–H and O–H groups in total. The van der Waals surface area contributed by atoms with Crippen molar-refractivity contribution in [2.45, 2.75) is 24.6 Å². The van der Waals surface area contributed by atoms with Gasteiger partial charge in [0.2, 0.25) is 11.8 Å². The molecule has 0 radical (unpaired) electrons. The number of aliphatic imine (C=N–C) groups is 1. The molecule has 2 unspecified atom stereocenters. The highest BCUT2D eigenvalue weighted by atomic mass is 79.9. The fourth-order valence-electron chi connectivity index (χ4n) is 3.56. The van der Waals surface area contributed by atoms with Crippen molar-refractivity contribution in [3.63, 3.8) is 0 Å². The summed E-state index contributed by atoms with van der Waals surface area (Å²) in [6.45, 7) is 2.15. The zero-order valence-corrected chi connectivity index (χ0v) is 20.7. The summed E-state index contributed by atoms with van der Waals surface area (Å²) < 4.78 is 8.47. The van der Waals surface area contributed by atoms with Crippen molar-refractivity contribution < 1.29 is 4.74 Å². The largest absolute Gasteiger partial charge is 0.470 e. The quantitative estimate of drug-likeness (QED) is 0.492. The van der Waals surface area contributed by atoms with Gasteiger partial charge in [-0.05, 0) is 24.6 Å². The van der Waals surface area contributed by atoms with E-state index in [0.717, 1.165) is 15.1 Å². The van der Waals surface area contributed by atoms with Crippen LogP contribution in [0.1, 0.15) is 17.2 Å². The van der Waals surface area contributed by atoms with Crippen molar-refractivity contribution in [1.29, 1.82) is 0 Å². The highest BCUT2D eigenvalue weighted by molar-refractivity contribution is 9.10. The number of hydrogen-bond acceptors (Lipinski definition) is 8. The van der Waals surface area contributed by atoms with Crippen LogP contribution in [0.4, 0.5) is 5.95 Å². The van der Waals surface area contributed by atoms with Gasteiger partial charge < -0.3 is 10.5 Å². The second kappa shape index (κ2) is 9.28. The number of ether oxygens (including phenoxy) is 1. The van der Waals surface area contributed by atoms with Crippen molar-refractivity contribution in [3.05, 3.63) is 75.3 Å². The molecule has 1 aromatic carbocycles. The van der Waals surface area contributed by atoms with E-state index in [2.05, 4.69) is 54.2 Å². The van der Waals surface area contributed by atoms with Crippen molar-refractivity contribution in [1.82, 2.24) is 24.7 Å². The lowest BCUT2D eigenvalue weighted by Gasteiger charge is -2.11. The topological polar surface area (TPSA) is 104 Å². The maximum Gasteiger partial charge on any atom is 0.240 e. The zero-order valence-electron chi connectivity index (χ0n) is 17.5. The first-order valence-corrected chi connectivity index (χ1v) is 12.2. The molecular weight excluding hydrogens is 526 g/mol. The minimum absolute atomic E-state index is 0.161. The second-order valence-electron chi connectivity index (χ2n) is 7.48. The van der Waals surface area contributed by atoms with E-state index < -0.39 is 0 Å². The molecule has 8 nitrogen and oxygen atoms in total. The molecule has 0 fully saturated rings. The average molecular weight is 545 g/mol. The van der Waals surface area contributed by atoms with Crippen LogP contribution in [0, 0.1) is 6.92 Å². The SMILES string of the molecule is Cc1nc(OCC2=NC3C=CC=CC3S2)cc(-n2nc(N)nc2Cc2ccc(Cl)cc2Br)n1. The average Bonchev–Trinajstić information content (AvgIpc) is 3.36. The number of fused-ring (bicyclic) bond motifs is 1. The fraction of sp³-hybridized carbons (Fsp3) is 0.227. The van der Waals surface area contributed by atoms with Crippen LogP contribution in [-0.4, -0.2) is 47.7 Å². The number of rotatable bonds is 6. The van der Waals surface area contributed by atoms with Crippen LogP contribution >= 0.6 is 39.3 Å². The summed E-state index contributed by atoms with van der Waals surface area (Å²) in [5.41, 5.74) is 6.92. The standard InChI is InChI=1S/C22H19BrClN7OS/c1-12-26-19(10-20(27-12)32-11-21-28-16-4-2-3-5-17(16)33-21)31-18(29-22(25)30-31)8-13-6-7-14(24)9-15(13)23/h2-7,9-10,16-17H,8,11H2,1H3,(H2,25,30). The Morgan fingerprint density at radius 2 is 2.03 bits per heavy atom. The smallest absolute Gasteiger partial charge is 0.240 e. The molecule has 0 amide bonds. The number of nitrogens with zero attached hydrogens (tertiary/aromatic N) is 6. The Morgan fingerprint density at radius 3 is 2.85 bits per heavy atom. The molecule has 0 saturated carbocycles. The predicted octanol–water partition coefficient (Wildman–Crippen LogP) is 4.34. The molecule has 3 aromatic rings. The molecule has 5 rings (SSSR count). The first kappa shape index (κ1) is 22.1. The molecule has 3 heterocycles. The Kier molecular flexibility index (Phi) is 6.22. The van der Waals surface area contributed by atoms with Gasteiger partial charge in [-0.3, -0.25) is 4.99 Å². The van der Waals surface area contributed by atoms with E-state index in [1.54, 1.807) is 29.4 Å². The van der Waals surface area contributed by atoms with Crippen LogP contribution in [0.5, 0.6) is 5.88 Å². The maximum atomic E-state index is 6.07. The highest BCUT2D eigenvalue weighted by Gasteiger charge is 2.27. The van der Waals surface area contributed by atoms with E-state index in [-0.39, 0.29) is 12.0 Å². The van der Waals surface area contributed by atoms with E-state index in [1.807, 2.05) is 24.3 Å². The van der Waals surface area contributed by atoms with Gasteiger partial charge in [-0.25, -0.2) is 4.98 Å². The van der Waals surface area contributed by atoms with Gasteiger partial charge >= 0.3 is 0 Å². The Labute approximate surface area is 208 Å². The Bertz CT molecular complexity index is 1310. The third-order valence-electron chi connectivity index (χ3n) is 5.04. The number of aryl methyl sites for hydroxylation is 1. The zero-order chi connectivity index (χ0) is 22.9. The second-order valence-corrected chi connectivity index (χ2v) is 10.0. The molecule has 2 atom stereocenters. The molecule has 0 saturated heterocycles. The lowest BCUT2D eigenvalue weighted by Crippen LogP contribution is -2.13. The molecule has 0 spiro atoms. The van der Waals surface area contributed by atoms with Gasteiger partial charge in [0.05, 0.1) is 11.3 Å². The lowest BCUT2D eigenvalue weighted by molar-refractivity contribution is 0.361. The van der Waals surface area contributed by atoms with Crippen LogP contribution in [0.3, 0.4) is 0 Å². The third kappa shape index (κ3) is 4.97. The van der Waals surface area contributed by atoms with Crippen molar-refractivity contribution >= 4 is 50.3 Å². The van der Waals surface area contributed by atoms with Gasteiger partial charge in [0.1, 0.15) is 23.3 Å². The number of nitrogens with two attached hydrogens (primary N) is 1. The maximum absolute atomic E-state index is 6.07. The van der Waals surface area contributed by atoms with E-state index in [4.69, 9.17) is 27.1 Å². The minimum atomic E-state index is 0.161. The molecule has 1 aliphatic carbocycles. The van der Waals surface area contributed by atoms with E-state index in [0.29, 0.717) is 46.6 Å². The highest BCUT2D eigenvalue weighted by Crippen LogP contribution is 2.31. The predicted molar refractivity (Wildman–Crippen MR) is 134 cm³/mol. The molecule has 1 aliphatic heterocycles. The normalized spacial score (nSPS) is 18.9. The summed E-state index contributed by atoms with van der Waals surface area (Å²) in [4.78, 5) is 18.1. The summed E-state index contributed by atoms with van der Waals surface area (Å²) in [5, 5.41) is 6.27. The number of aromatic nitrogens is 5. The van der Waals surface area contributed by atoms with E-state index in [9.17, 15) is 0 Å². The molecule has 2 aromatic heterocycles. The van der Waals surface area contributed by atoms with Crippen molar-refractivity contribution in [2.24, 2.45) is 4.99 Å². The fourth-order valence-corrected chi connectivity index (χ4v) is 5.47. The number of halogens is 2. The number of nitrogen functional groups attached to an aromatic ring is 1. The molecule has 168 valence electrons. The van der Waals surface area contributed by atoms with Gasteiger partial charge in [-0.1, -0.05) is 69.7 Å². The number of anilines is 1. The number of allylic oxidation sites excluding steroid dienone is 2. The van der Waals surface area contributed by atoms with Gasteiger partial charge in [-0.15, -0.1) is 5.10 Å². The molecule has 0 bridgehead atoms. The summed E-state index contributed by atoms with van der Waals surface area (Å²) in [6, 6.07) is 7.51. The van der Waals surface area contributed by atoms with Gasteiger partial charge in [0.25, 0.3) is 0 Å². The van der Waals surface area contributed by atoms with Crippen molar-refractivity contribution in [3.8, 4) is 11.7 Å². The van der Waals surface area contributed by atoms with Crippen LogP contribution < -0.4 is 10.5 Å².